The minimum atomic E-state index is -4.58. The summed E-state index contributed by atoms with van der Waals surface area (Å²) in [5.74, 6) is -0.775. The van der Waals surface area contributed by atoms with Gasteiger partial charge in [0.1, 0.15) is 11.3 Å². The minimum absolute atomic E-state index is 0.0424. The van der Waals surface area contributed by atoms with E-state index in [1.807, 2.05) is 0 Å². The Kier molecular flexibility index (Phi) is 4.62. The van der Waals surface area contributed by atoms with Gasteiger partial charge >= 0.3 is 12.1 Å². The molecule has 0 unspecified atom stereocenters. The maximum atomic E-state index is 13.7. The number of hydrogen-bond acceptors (Lipinski definition) is 2. The van der Waals surface area contributed by atoms with Crippen molar-refractivity contribution in [3.05, 3.63) is 41.5 Å². The lowest BCUT2D eigenvalue weighted by molar-refractivity contribution is -0.138. The molecule has 1 aliphatic rings. The molecule has 3 nitrogen and oxygen atoms in total. The van der Waals surface area contributed by atoms with Crippen molar-refractivity contribution in [2.24, 2.45) is 5.92 Å². The first kappa shape index (κ1) is 17.6. The van der Waals surface area contributed by atoms with Crippen LogP contribution in [0.5, 0.6) is 5.75 Å². The van der Waals surface area contributed by atoms with Gasteiger partial charge in [0.25, 0.3) is 0 Å². The topological polar surface area (TPSA) is 46.5 Å². The van der Waals surface area contributed by atoms with Gasteiger partial charge in [-0.15, -0.1) is 0 Å². The molecular weight excluding hydrogens is 333 g/mol. The maximum Gasteiger partial charge on any atom is 0.420 e. The second-order valence-corrected chi connectivity index (χ2v) is 6.68. The van der Waals surface area contributed by atoms with Crippen molar-refractivity contribution in [3.63, 3.8) is 0 Å². The third kappa shape index (κ3) is 3.72. The molecule has 0 bridgehead atoms. The van der Waals surface area contributed by atoms with Crippen LogP contribution in [0.3, 0.4) is 0 Å². The van der Waals surface area contributed by atoms with Gasteiger partial charge in [-0.25, -0.2) is 4.79 Å². The van der Waals surface area contributed by atoms with Crippen molar-refractivity contribution in [3.8, 4) is 5.75 Å². The van der Waals surface area contributed by atoms with Gasteiger partial charge in [0.15, 0.2) is 0 Å². The van der Waals surface area contributed by atoms with Crippen LogP contribution in [0.4, 0.5) is 13.2 Å². The van der Waals surface area contributed by atoms with E-state index in [1.165, 1.54) is 30.3 Å². The summed E-state index contributed by atoms with van der Waals surface area (Å²) in [5.41, 5.74) is -0.879. The van der Waals surface area contributed by atoms with Gasteiger partial charge in [-0.2, -0.15) is 13.2 Å². The molecule has 1 aliphatic carbocycles. The molecule has 0 radical (unpaired) electrons. The standard InChI is InChI=1S/C19H19F3O3/c1-11-2-6-14(7-3-11)25-16-9-5-12-10-13(18(23)24)4-8-15(12)17(16)19(20,21)22/h4-5,8-11,14H,2-3,6-7H2,1H3,(H,23,24). The first-order valence-corrected chi connectivity index (χ1v) is 8.29. The monoisotopic (exact) mass is 352 g/mol. The van der Waals surface area contributed by atoms with Crippen LogP contribution in [0.25, 0.3) is 10.8 Å². The fourth-order valence-electron chi connectivity index (χ4n) is 3.36. The molecule has 0 saturated heterocycles. The summed E-state index contributed by atoms with van der Waals surface area (Å²) in [4.78, 5) is 11.0. The van der Waals surface area contributed by atoms with Crippen molar-refractivity contribution < 1.29 is 27.8 Å². The number of hydrogen-bond donors (Lipinski definition) is 1. The Morgan fingerprint density at radius 3 is 2.40 bits per heavy atom. The Balaban J connectivity index is 2.03. The fourth-order valence-corrected chi connectivity index (χ4v) is 3.36. The normalized spacial score (nSPS) is 21.3. The van der Waals surface area contributed by atoms with Crippen molar-refractivity contribution >= 4 is 16.7 Å². The Morgan fingerprint density at radius 2 is 1.80 bits per heavy atom. The highest BCUT2D eigenvalue weighted by Gasteiger charge is 2.37. The molecule has 0 heterocycles. The summed E-state index contributed by atoms with van der Waals surface area (Å²) >= 11 is 0. The van der Waals surface area contributed by atoms with Gasteiger partial charge in [0.2, 0.25) is 0 Å². The zero-order valence-corrected chi connectivity index (χ0v) is 13.8. The van der Waals surface area contributed by atoms with Crippen molar-refractivity contribution in [1.29, 1.82) is 0 Å². The van der Waals surface area contributed by atoms with Gasteiger partial charge in [-0.1, -0.05) is 19.1 Å². The summed E-state index contributed by atoms with van der Waals surface area (Å²) in [6.45, 7) is 2.13. The van der Waals surface area contributed by atoms with Crippen LogP contribution in [0.1, 0.15) is 48.5 Å². The number of aromatic carboxylic acids is 1. The van der Waals surface area contributed by atoms with E-state index in [1.54, 1.807) is 0 Å². The molecule has 134 valence electrons. The van der Waals surface area contributed by atoms with E-state index in [2.05, 4.69) is 6.92 Å². The first-order valence-electron chi connectivity index (χ1n) is 8.29. The van der Waals surface area contributed by atoms with Crippen molar-refractivity contribution in [2.75, 3.05) is 0 Å². The third-order valence-corrected chi connectivity index (χ3v) is 4.77. The van der Waals surface area contributed by atoms with Crippen LogP contribution < -0.4 is 4.74 Å². The number of benzene rings is 2. The van der Waals surface area contributed by atoms with Crippen molar-refractivity contribution in [1.82, 2.24) is 0 Å². The average Bonchev–Trinajstić information content (AvgIpc) is 2.55. The smallest absolute Gasteiger partial charge is 0.420 e. The lowest BCUT2D eigenvalue weighted by Gasteiger charge is -2.28. The summed E-state index contributed by atoms with van der Waals surface area (Å²) < 4.78 is 46.7. The van der Waals surface area contributed by atoms with Gasteiger partial charge < -0.3 is 9.84 Å². The molecular formula is C19H19F3O3. The number of carbonyl (C=O) groups is 1. The highest BCUT2D eigenvalue weighted by molar-refractivity contribution is 5.96. The number of carboxylic acids is 1. The number of alkyl halides is 3. The molecule has 0 amide bonds. The van der Waals surface area contributed by atoms with Gasteiger partial charge in [0.05, 0.1) is 11.7 Å². The third-order valence-electron chi connectivity index (χ3n) is 4.77. The first-order chi connectivity index (χ1) is 11.8. The molecule has 1 N–H and O–H groups in total. The van der Waals surface area contributed by atoms with E-state index in [4.69, 9.17) is 9.84 Å². The van der Waals surface area contributed by atoms with E-state index >= 15 is 0 Å². The number of halogens is 3. The highest BCUT2D eigenvalue weighted by atomic mass is 19.4. The predicted octanol–water partition coefficient (Wildman–Crippen LogP) is 5.51. The lowest BCUT2D eigenvalue weighted by atomic mass is 9.89. The second kappa shape index (κ2) is 6.58. The number of carboxylic acid groups (broad SMARTS) is 1. The van der Waals surface area contributed by atoms with Crippen LogP contribution >= 0.6 is 0 Å². The average molecular weight is 352 g/mol. The molecule has 2 aromatic carbocycles. The molecule has 1 saturated carbocycles. The van der Waals surface area contributed by atoms with E-state index < -0.39 is 17.7 Å². The van der Waals surface area contributed by atoms with Gasteiger partial charge in [-0.05, 0) is 60.6 Å². The summed E-state index contributed by atoms with van der Waals surface area (Å²) in [6, 6.07) is 6.43. The zero-order chi connectivity index (χ0) is 18.2. The Morgan fingerprint density at radius 1 is 1.12 bits per heavy atom. The van der Waals surface area contributed by atoms with E-state index in [0.717, 1.165) is 25.7 Å². The van der Waals surface area contributed by atoms with E-state index in [-0.39, 0.29) is 28.2 Å². The molecule has 0 spiro atoms. The fraction of sp³-hybridized carbons (Fsp3) is 0.421. The Bertz CT molecular complexity index is 790. The van der Waals surface area contributed by atoms with Crippen LogP contribution in [0, 0.1) is 5.92 Å². The minimum Gasteiger partial charge on any atom is -0.490 e. The molecule has 25 heavy (non-hydrogen) atoms. The number of ether oxygens (including phenoxy) is 1. The molecule has 0 aliphatic heterocycles. The largest absolute Gasteiger partial charge is 0.490 e. The molecule has 2 aromatic rings. The molecule has 6 heteroatoms. The summed E-state index contributed by atoms with van der Waals surface area (Å²) in [5, 5.41) is 9.21. The van der Waals surface area contributed by atoms with Crippen molar-refractivity contribution in [2.45, 2.75) is 44.9 Å². The van der Waals surface area contributed by atoms with E-state index in [9.17, 15) is 18.0 Å². The molecule has 1 fully saturated rings. The van der Waals surface area contributed by atoms with E-state index in [0.29, 0.717) is 5.92 Å². The quantitative estimate of drug-likeness (QED) is 0.792. The molecule has 0 aromatic heterocycles. The zero-order valence-electron chi connectivity index (χ0n) is 13.8. The second-order valence-electron chi connectivity index (χ2n) is 6.68. The summed E-state index contributed by atoms with van der Waals surface area (Å²) in [6.07, 6.45) is -1.42. The SMILES string of the molecule is CC1CCC(Oc2ccc3cc(C(=O)O)ccc3c2C(F)(F)F)CC1. The van der Waals surface area contributed by atoms with Crippen LogP contribution in [-0.2, 0) is 6.18 Å². The lowest BCUT2D eigenvalue weighted by Crippen LogP contribution is -2.24. The molecule has 3 rings (SSSR count). The maximum absolute atomic E-state index is 13.7. The summed E-state index contributed by atoms with van der Waals surface area (Å²) in [7, 11) is 0. The van der Waals surface area contributed by atoms with Crippen LogP contribution in [0.2, 0.25) is 0 Å². The number of rotatable bonds is 3. The highest BCUT2D eigenvalue weighted by Crippen LogP contribution is 2.42. The predicted molar refractivity (Wildman–Crippen MR) is 88.0 cm³/mol. The van der Waals surface area contributed by atoms with Gasteiger partial charge in [0, 0.05) is 0 Å². The van der Waals surface area contributed by atoms with Crippen LogP contribution in [-0.4, -0.2) is 17.2 Å². The molecule has 0 atom stereocenters. The Hall–Kier alpha value is -2.24. The van der Waals surface area contributed by atoms with Crippen LogP contribution in [0.15, 0.2) is 30.3 Å². The number of fused-ring (bicyclic) bond motifs is 1. The Labute approximate surface area is 143 Å². The van der Waals surface area contributed by atoms with Gasteiger partial charge in [-0.3, -0.25) is 0 Å².